The van der Waals surface area contributed by atoms with E-state index in [9.17, 15) is 8.42 Å². The number of fused-ring (bicyclic) bond motifs is 1. The van der Waals surface area contributed by atoms with E-state index in [0.717, 1.165) is 22.1 Å². The lowest BCUT2D eigenvalue weighted by atomic mass is 10.1. The highest BCUT2D eigenvalue weighted by Crippen LogP contribution is 2.39. The van der Waals surface area contributed by atoms with Crippen molar-refractivity contribution < 1.29 is 12.8 Å². The van der Waals surface area contributed by atoms with Crippen LogP contribution in [0.2, 0.25) is 23.2 Å². The minimum Gasteiger partial charge on any atom is -0.413 e. The molecule has 0 aliphatic rings. The Morgan fingerprint density at radius 1 is 1.23 bits per heavy atom. The summed E-state index contributed by atoms with van der Waals surface area (Å²) in [7, 11) is -5.60. The quantitative estimate of drug-likeness (QED) is 0.359. The van der Waals surface area contributed by atoms with Crippen molar-refractivity contribution in [3.63, 3.8) is 0 Å². The summed E-state index contributed by atoms with van der Waals surface area (Å²) in [5.74, 6) is 0. The highest BCUT2D eigenvalue weighted by molar-refractivity contribution is 7.91. The Bertz CT molecular complexity index is 980. The molecule has 1 aromatic carbocycles. The molecule has 1 unspecified atom stereocenters. The predicted octanol–water partition coefficient (Wildman–Crippen LogP) is 6.93. The molecule has 0 aliphatic carbocycles. The summed E-state index contributed by atoms with van der Waals surface area (Å²) in [6.45, 7) is 17.8. The minimum absolute atomic E-state index is 0.0792. The summed E-state index contributed by atoms with van der Waals surface area (Å²) in [6, 6.07) is 5.60. The highest BCUT2D eigenvalue weighted by Gasteiger charge is 2.39. The second-order valence-electron chi connectivity index (χ2n) is 9.41. The molecule has 170 valence electrons. The average molecular weight is 490 g/mol. The second kappa shape index (κ2) is 9.59. The molecule has 1 atom stereocenters. The first kappa shape index (κ1) is 25.8. The molecule has 0 saturated heterocycles. The van der Waals surface area contributed by atoms with Crippen LogP contribution < -0.4 is 0 Å². The maximum atomic E-state index is 13.7. The van der Waals surface area contributed by atoms with Gasteiger partial charge in [0.2, 0.25) is 0 Å². The van der Waals surface area contributed by atoms with Crippen molar-refractivity contribution in [2.75, 3.05) is 13.1 Å². The Morgan fingerprint density at radius 3 is 2.40 bits per heavy atom. The van der Waals surface area contributed by atoms with Crippen molar-refractivity contribution in [3.05, 3.63) is 28.8 Å². The number of hydrogen-bond donors (Lipinski definition) is 0. The fourth-order valence-electron chi connectivity index (χ4n) is 3.32. The van der Waals surface area contributed by atoms with E-state index in [4.69, 9.17) is 16.0 Å². The van der Waals surface area contributed by atoms with E-state index in [1.807, 2.05) is 39.0 Å². The molecule has 4 nitrogen and oxygen atoms in total. The smallest absolute Gasteiger partial charge is 0.252 e. The minimum atomic E-state index is -3.62. The van der Waals surface area contributed by atoms with Crippen molar-refractivity contribution >= 4 is 51.4 Å². The van der Waals surface area contributed by atoms with Crippen molar-refractivity contribution in [3.8, 4) is 0 Å². The molecular formula is C22H36ClNO3S2Si. The van der Waals surface area contributed by atoms with Gasteiger partial charge in [0.15, 0.2) is 8.32 Å². The van der Waals surface area contributed by atoms with Gasteiger partial charge in [-0.15, -0.1) is 11.3 Å². The van der Waals surface area contributed by atoms with Crippen LogP contribution in [0.3, 0.4) is 0 Å². The number of sulfonamides is 1. The average Bonchev–Trinajstić information content (AvgIpc) is 2.98. The zero-order chi connectivity index (χ0) is 22.9. The maximum absolute atomic E-state index is 13.7. The lowest BCUT2D eigenvalue weighted by Gasteiger charge is -2.39. The van der Waals surface area contributed by atoms with E-state index in [-0.39, 0.29) is 11.1 Å². The molecular weight excluding hydrogens is 454 g/mol. The molecule has 0 N–H and O–H groups in total. The van der Waals surface area contributed by atoms with Crippen molar-refractivity contribution in [2.45, 2.75) is 82.8 Å². The first-order valence-electron chi connectivity index (χ1n) is 10.6. The number of thiophene rings is 1. The van der Waals surface area contributed by atoms with Gasteiger partial charge in [-0.1, -0.05) is 46.2 Å². The van der Waals surface area contributed by atoms with Gasteiger partial charge in [0.25, 0.3) is 10.0 Å². The van der Waals surface area contributed by atoms with Crippen LogP contribution in [0.5, 0.6) is 0 Å². The molecule has 0 bridgehead atoms. The third-order valence-corrected chi connectivity index (χ3v) is 14.3. The first-order valence-corrected chi connectivity index (χ1v) is 16.2. The van der Waals surface area contributed by atoms with E-state index >= 15 is 0 Å². The van der Waals surface area contributed by atoms with Crippen LogP contribution in [-0.2, 0) is 20.9 Å². The van der Waals surface area contributed by atoms with Gasteiger partial charge in [-0.2, -0.15) is 4.31 Å². The van der Waals surface area contributed by atoms with Crippen molar-refractivity contribution in [1.29, 1.82) is 0 Å². The maximum Gasteiger partial charge on any atom is 0.252 e. The predicted molar refractivity (Wildman–Crippen MR) is 133 cm³/mol. The fraction of sp³-hybridized carbons (Fsp3) is 0.636. The van der Waals surface area contributed by atoms with Crippen LogP contribution in [0.25, 0.3) is 10.1 Å². The van der Waals surface area contributed by atoms with Gasteiger partial charge in [-0.05, 0) is 67.0 Å². The van der Waals surface area contributed by atoms with Crippen LogP contribution >= 0.6 is 22.9 Å². The molecule has 8 heteroatoms. The molecule has 1 heterocycles. The van der Waals surface area contributed by atoms with E-state index in [0.29, 0.717) is 28.7 Å². The monoisotopic (exact) mass is 489 g/mol. The lowest BCUT2D eigenvalue weighted by Crippen LogP contribution is -2.47. The van der Waals surface area contributed by atoms with Crippen LogP contribution in [0.1, 0.15) is 53.5 Å². The van der Waals surface area contributed by atoms with Crippen molar-refractivity contribution in [2.24, 2.45) is 0 Å². The third-order valence-electron chi connectivity index (χ3n) is 5.88. The summed E-state index contributed by atoms with van der Waals surface area (Å²) in [5.41, 5.74) is 0.858. The largest absolute Gasteiger partial charge is 0.413 e. The topological polar surface area (TPSA) is 46.6 Å². The van der Waals surface area contributed by atoms with Crippen LogP contribution in [0.4, 0.5) is 0 Å². The van der Waals surface area contributed by atoms with E-state index < -0.39 is 18.3 Å². The molecule has 1 aromatic heterocycles. The molecule has 0 radical (unpaired) electrons. The summed E-state index contributed by atoms with van der Waals surface area (Å²) in [5, 5.41) is 1.65. The molecule has 0 saturated carbocycles. The molecule has 0 fully saturated rings. The third kappa shape index (κ3) is 5.48. The van der Waals surface area contributed by atoms with Crippen LogP contribution in [0, 0.1) is 0 Å². The molecule has 2 rings (SSSR count). The zero-order valence-corrected chi connectivity index (χ0v) is 22.9. The molecule has 30 heavy (non-hydrogen) atoms. The molecule has 0 spiro atoms. The second-order valence-corrected chi connectivity index (χ2v) is 17.8. The van der Waals surface area contributed by atoms with Gasteiger partial charge in [0.1, 0.15) is 4.21 Å². The Morgan fingerprint density at radius 2 is 1.87 bits per heavy atom. The molecule has 0 amide bonds. The fourth-order valence-corrected chi connectivity index (χ4v) is 8.57. The number of hydrogen-bond acceptors (Lipinski definition) is 4. The normalized spacial score (nSPS) is 14.6. The summed E-state index contributed by atoms with van der Waals surface area (Å²) >= 11 is 7.52. The molecule has 0 aliphatic heterocycles. The number of nitrogens with zero attached hydrogens (tertiary/aromatic N) is 1. The number of halogens is 1. The van der Waals surface area contributed by atoms with E-state index in [2.05, 4.69) is 33.9 Å². The van der Waals surface area contributed by atoms with Gasteiger partial charge in [-0.3, -0.25) is 0 Å². The van der Waals surface area contributed by atoms with E-state index in [1.54, 1.807) is 4.31 Å². The standard InChI is InChI=1S/C22H36ClNO3S2Si/c1-9-13-24(15-16(3)27-30(7,8)22(4,5)6)29(25,26)21-18(10-2)19-14-17(23)11-12-20(19)28-21/h11-12,14,16H,9-10,13,15H2,1-8H3. The van der Waals surface area contributed by atoms with Gasteiger partial charge < -0.3 is 4.43 Å². The summed E-state index contributed by atoms with van der Waals surface area (Å²) in [6.07, 6.45) is 1.23. The lowest BCUT2D eigenvalue weighted by molar-refractivity contribution is 0.169. The Labute approximate surface area is 192 Å². The summed E-state index contributed by atoms with van der Waals surface area (Å²) < 4.78 is 36.9. The molecule has 2 aromatic rings. The number of benzene rings is 1. The van der Waals surface area contributed by atoms with E-state index in [1.165, 1.54) is 11.3 Å². The summed E-state index contributed by atoms with van der Waals surface area (Å²) in [4.78, 5) is 0. The Balaban J connectivity index is 2.40. The van der Waals surface area contributed by atoms with Crippen LogP contribution in [0.15, 0.2) is 22.4 Å². The zero-order valence-electron chi connectivity index (χ0n) is 19.5. The van der Waals surface area contributed by atoms with Gasteiger partial charge in [-0.25, -0.2) is 8.42 Å². The number of aryl methyl sites for hydroxylation is 1. The van der Waals surface area contributed by atoms with Crippen molar-refractivity contribution in [1.82, 2.24) is 4.31 Å². The Hall–Kier alpha value is -0.443. The first-order chi connectivity index (χ1) is 13.7. The number of rotatable bonds is 9. The van der Waals surface area contributed by atoms with Gasteiger partial charge in [0.05, 0.1) is 6.10 Å². The highest BCUT2D eigenvalue weighted by atomic mass is 35.5. The van der Waals surface area contributed by atoms with Gasteiger partial charge >= 0.3 is 0 Å². The Kier molecular flexibility index (Phi) is 8.25. The SMILES string of the molecule is CCCN(CC(C)O[Si](C)(C)C(C)(C)C)S(=O)(=O)c1sc2ccc(Cl)cc2c1CC. The van der Waals surface area contributed by atoms with Gasteiger partial charge in [0, 0.05) is 22.8 Å². The van der Waals surface area contributed by atoms with Crippen LogP contribution in [-0.4, -0.2) is 40.2 Å².